The monoisotopic (exact) mass is 436 g/mol. The Morgan fingerprint density at radius 3 is 2.34 bits per heavy atom. The van der Waals surface area contributed by atoms with Crippen LogP contribution in [-0.4, -0.2) is 25.2 Å². The van der Waals surface area contributed by atoms with Gasteiger partial charge in [-0.2, -0.15) is 0 Å². The van der Waals surface area contributed by atoms with Crippen LogP contribution in [0.25, 0.3) is 0 Å². The highest BCUT2D eigenvalue weighted by molar-refractivity contribution is 5.89. The maximum Gasteiger partial charge on any atom is 0.338 e. The van der Waals surface area contributed by atoms with Crippen LogP contribution >= 0.6 is 0 Å². The molecule has 0 radical (unpaired) electrons. The van der Waals surface area contributed by atoms with E-state index >= 15 is 0 Å². The van der Waals surface area contributed by atoms with Gasteiger partial charge in [-0.1, -0.05) is 79.8 Å². The molecule has 1 aromatic carbocycles. The van der Waals surface area contributed by atoms with Gasteiger partial charge in [-0.25, -0.2) is 4.79 Å². The third-order valence-electron chi connectivity index (χ3n) is 4.47. The van der Waals surface area contributed by atoms with Gasteiger partial charge >= 0.3 is 11.9 Å². The highest BCUT2D eigenvalue weighted by Gasteiger charge is 2.12. The number of hydrogen-bond donors (Lipinski definition) is 0. The topological polar surface area (TPSA) is 52.6 Å². The van der Waals surface area contributed by atoms with Crippen LogP contribution in [-0.2, 0) is 14.3 Å². The summed E-state index contributed by atoms with van der Waals surface area (Å²) in [5.74, 6) is -0.540. The van der Waals surface area contributed by atoms with Gasteiger partial charge in [-0.05, 0) is 50.3 Å². The molecule has 0 aromatic heterocycles. The number of hydrogen-bond acceptors (Lipinski definition) is 4. The first kappa shape index (κ1) is 26.9. The van der Waals surface area contributed by atoms with Gasteiger partial charge in [-0.15, -0.1) is 0 Å². The van der Waals surface area contributed by atoms with E-state index in [1.165, 1.54) is 7.11 Å². The molecule has 0 aliphatic rings. The molecular formula is C28H36O4. The fourth-order valence-corrected chi connectivity index (χ4v) is 2.72. The molecule has 4 heteroatoms. The minimum Gasteiger partial charge on any atom is -0.469 e. The SMILES string of the molecule is CC/C=C\C/C=C\C/C=C\C=C\[C@@H](C/C=C\CCCC(=O)OC)OC(=O)c1ccccc1. The van der Waals surface area contributed by atoms with Crippen molar-refractivity contribution < 1.29 is 19.1 Å². The quantitative estimate of drug-likeness (QED) is 0.130. The molecule has 0 unspecified atom stereocenters. The lowest BCUT2D eigenvalue weighted by molar-refractivity contribution is -0.140. The summed E-state index contributed by atoms with van der Waals surface area (Å²) >= 11 is 0. The third-order valence-corrected chi connectivity index (χ3v) is 4.47. The Morgan fingerprint density at radius 1 is 0.906 bits per heavy atom. The first-order valence-corrected chi connectivity index (χ1v) is 11.3. The van der Waals surface area contributed by atoms with E-state index in [0.717, 1.165) is 32.1 Å². The average molecular weight is 437 g/mol. The van der Waals surface area contributed by atoms with Crippen molar-refractivity contribution >= 4 is 11.9 Å². The molecular weight excluding hydrogens is 400 g/mol. The van der Waals surface area contributed by atoms with Crippen molar-refractivity contribution in [3.8, 4) is 0 Å². The van der Waals surface area contributed by atoms with E-state index in [9.17, 15) is 9.59 Å². The summed E-state index contributed by atoms with van der Waals surface area (Å²) in [6.45, 7) is 2.13. The minimum absolute atomic E-state index is 0.199. The molecule has 32 heavy (non-hydrogen) atoms. The summed E-state index contributed by atoms with van der Waals surface area (Å²) in [5, 5.41) is 0. The Hall–Kier alpha value is -3.14. The van der Waals surface area contributed by atoms with Crippen LogP contribution in [0, 0.1) is 0 Å². The molecule has 0 aliphatic carbocycles. The predicted octanol–water partition coefficient (Wildman–Crippen LogP) is 6.92. The number of esters is 2. The van der Waals surface area contributed by atoms with Crippen molar-refractivity contribution in [1.29, 1.82) is 0 Å². The van der Waals surface area contributed by atoms with Crippen molar-refractivity contribution in [1.82, 2.24) is 0 Å². The first-order chi connectivity index (χ1) is 15.7. The largest absolute Gasteiger partial charge is 0.469 e. The zero-order chi connectivity index (χ0) is 23.3. The summed E-state index contributed by atoms with van der Waals surface area (Å²) in [6.07, 6.45) is 25.5. The minimum atomic E-state index is -0.362. The lowest BCUT2D eigenvalue weighted by atomic mass is 10.1. The van der Waals surface area contributed by atoms with Crippen molar-refractivity contribution in [3.05, 3.63) is 96.7 Å². The van der Waals surface area contributed by atoms with Crippen LogP contribution in [0.15, 0.2) is 91.1 Å². The number of benzene rings is 1. The summed E-state index contributed by atoms with van der Waals surface area (Å²) in [5.41, 5.74) is 0.533. The second-order valence-corrected chi connectivity index (χ2v) is 7.12. The number of allylic oxidation sites excluding steroid dienone is 8. The van der Waals surface area contributed by atoms with Gasteiger partial charge in [0.15, 0.2) is 0 Å². The second kappa shape index (κ2) is 18.6. The van der Waals surface area contributed by atoms with Gasteiger partial charge in [0.05, 0.1) is 12.7 Å². The van der Waals surface area contributed by atoms with Crippen LogP contribution in [0.2, 0.25) is 0 Å². The molecule has 0 spiro atoms. The smallest absolute Gasteiger partial charge is 0.338 e. The van der Waals surface area contributed by atoms with E-state index in [2.05, 4.69) is 42.0 Å². The fraction of sp³-hybridized carbons (Fsp3) is 0.357. The molecule has 0 saturated heterocycles. The Kier molecular flexibility index (Phi) is 15.6. The standard InChI is InChI=1S/C28H36O4/c1-3-4-5-6-7-8-9-10-11-17-22-26(23-18-12-13-19-24-27(29)31-2)32-28(30)25-20-15-14-16-21-25/h4-5,7-8,10-12,14-18,20-22,26H,3,6,9,13,19,23-24H2,1-2H3/b5-4-,8-7-,11-10-,18-12-,22-17+/t26-/m0/s1. The Balaban J connectivity index is 2.55. The number of carbonyl (C=O) groups excluding carboxylic acids is 2. The van der Waals surface area contributed by atoms with E-state index in [1.54, 1.807) is 12.1 Å². The third kappa shape index (κ3) is 14.0. The molecule has 0 aliphatic heterocycles. The van der Waals surface area contributed by atoms with Gasteiger partial charge in [0.25, 0.3) is 0 Å². The highest BCUT2D eigenvalue weighted by atomic mass is 16.5. The van der Waals surface area contributed by atoms with Gasteiger partial charge in [0.2, 0.25) is 0 Å². The molecule has 0 saturated carbocycles. The zero-order valence-corrected chi connectivity index (χ0v) is 19.3. The summed E-state index contributed by atoms with van der Waals surface area (Å²) < 4.78 is 10.3. The van der Waals surface area contributed by atoms with Crippen LogP contribution in [0.5, 0.6) is 0 Å². The Labute approximate surface area is 193 Å². The van der Waals surface area contributed by atoms with Gasteiger partial charge in [0.1, 0.15) is 6.10 Å². The van der Waals surface area contributed by atoms with Crippen LogP contribution in [0.3, 0.4) is 0 Å². The highest BCUT2D eigenvalue weighted by Crippen LogP contribution is 2.10. The second-order valence-electron chi connectivity index (χ2n) is 7.12. The van der Waals surface area contributed by atoms with E-state index < -0.39 is 0 Å². The molecule has 0 N–H and O–H groups in total. The van der Waals surface area contributed by atoms with Crippen molar-refractivity contribution in [2.24, 2.45) is 0 Å². The molecule has 172 valence electrons. The molecule has 0 amide bonds. The first-order valence-electron chi connectivity index (χ1n) is 11.3. The molecule has 1 atom stereocenters. The maximum absolute atomic E-state index is 12.4. The zero-order valence-electron chi connectivity index (χ0n) is 19.3. The van der Waals surface area contributed by atoms with E-state index in [1.807, 2.05) is 48.6 Å². The van der Waals surface area contributed by atoms with Gasteiger partial charge < -0.3 is 9.47 Å². The Morgan fingerprint density at radius 2 is 1.62 bits per heavy atom. The molecule has 1 aromatic rings. The van der Waals surface area contributed by atoms with Crippen LogP contribution in [0.1, 0.15) is 62.2 Å². The molecule has 0 bridgehead atoms. The normalized spacial score (nSPS) is 13.1. The number of unbranched alkanes of at least 4 members (excludes halogenated alkanes) is 1. The number of carbonyl (C=O) groups is 2. The van der Waals surface area contributed by atoms with Crippen LogP contribution in [0.4, 0.5) is 0 Å². The number of ether oxygens (including phenoxy) is 2. The molecule has 0 fully saturated rings. The summed E-state index contributed by atoms with van der Waals surface area (Å²) in [6, 6.07) is 8.99. The molecule has 4 nitrogen and oxygen atoms in total. The lowest BCUT2D eigenvalue weighted by Gasteiger charge is -2.12. The van der Waals surface area contributed by atoms with E-state index in [4.69, 9.17) is 4.74 Å². The predicted molar refractivity (Wildman–Crippen MR) is 131 cm³/mol. The van der Waals surface area contributed by atoms with E-state index in [0.29, 0.717) is 18.4 Å². The average Bonchev–Trinajstić information content (AvgIpc) is 2.82. The van der Waals surface area contributed by atoms with Crippen molar-refractivity contribution in [3.63, 3.8) is 0 Å². The molecule has 0 heterocycles. The van der Waals surface area contributed by atoms with Crippen LogP contribution < -0.4 is 0 Å². The lowest BCUT2D eigenvalue weighted by Crippen LogP contribution is -2.15. The summed E-state index contributed by atoms with van der Waals surface area (Å²) in [4.78, 5) is 23.6. The summed E-state index contributed by atoms with van der Waals surface area (Å²) in [7, 11) is 1.39. The number of methoxy groups -OCH3 is 1. The van der Waals surface area contributed by atoms with E-state index in [-0.39, 0.29) is 18.0 Å². The Bertz CT molecular complexity index is 785. The van der Waals surface area contributed by atoms with Gasteiger partial charge in [0, 0.05) is 12.8 Å². The van der Waals surface area contributed by atoms with Crippen molar-refractivity contribution in [2.75, 3.05) is 7.11 Å². The number of rotatable bonds is 15. The van der Waals surface area contributed by atoms with Gasteiger partial charge in [-0.3, -0.25) is 4.79 Å². The fourth-order valence-electron chi connectivity index (χ4n) is 2.72. The van der Waals surface area contributed by atoms with Crippen molar-refractivity contribution in [2.45, 2.75) is 58.0 Å². The maximum atomic E-state index is 12.4. The molecule has 1 rings (SSSR count).